The summed E-state index contributed by atoms with van der Waals surface area (Å²) in [4.78, 5) is 3.60. The number of hydrogen-bond acceptors (Lipinski definition) is 5. The van der Waals surface area contributed by atoms with Crippen LogP contribution in [-0.4, -0.2) is 37.0 Å². The van der Waals surface area contributed by atoms with Gasteiger partial charge in [0.05, 0.1) is 25.3 Å². The Bertz CT molecular complexity index is 460. The number of nitriles is 1. The molecule has 96 valence electrons. The number of piperidine rings is 1. The SMILES string of the molecule is N#Cc1csc(CN2CCCC3(C2)OCCO3)c1. The number of ether oxygens (including phenoxy) is 2. The molecule has 5 heteroatoms. The Morgan fingerprint density at radius 3 is 3.00 bits per heavy atom. The minimum absolute atomic E-state index is 0.354. The maximum atomic E-state index is 8.83. The predicted octanol–water partition coefficient (Wildman–Crippen LogP) is 1.96. The van der Waals surface area contributed by atoms with Crippen LogP contribution in [0.4, 0.5) is 0 Å². The average Bonchev–Trinajstić information content (AvgIpc) is 2.99. The maximum absolute atomic E-state index is 8.83. The summed E-state index contributed by atoms with van der Waals surface area (Å²) < 4.78 is 11.5. The highest BCUT2D eigenvalue weighted by molar-refractivity contribution is 7.10. The summed E-state index contributed by atoms with van der Waals surface area (Å²) in [7, 11) is 0. The Labute approximate surface area is 111 Å². The molecule has 0 saturated carbocycles. The minimum Gasteiger partial charge on any atom is -0.346 e. The molecule has 0 atom stereocenters. The molecule has 0 bridgehead atoms. The Morgan fingerprint density at radius 1 is 1.44 bits per heavy atom. The zero-order valence-electron chi connectivity index (χ0n) is 10.2. The van der Waals surface area contributed by atoms with E-state index < -0.39 is 0 Å². The lowest BCUT2D eigenvalue weighted by atomic mass is 10.0. The van der Waals surface area contributed by atoms with Crippen LogP contribution in [0.15, 0.2) is 11.4 Å². The third-order valence-corrected chi connectivity index (χ3v) is 4.39. The molecule has 0 unspecified atom stereocenters. The molecule has 2 aliphatic heterocycles. The number of likely N-dealkylation sites (tertiary alicyclic amines) is 1. The Balaban J connectivity index is 1.64. The van der Waals surface area contributed by atoms with E-state index in [1.54, 1.807) is 11.3 Å². The molecular weight excluding hydrogens is 248 g/mol. The summed E-state index contributed by atoms with van der Waals surface area (Å²) in [6.45, 7) is 4.23. The topological polar surface area (TPSA) is 45.5 Å². The highest BCUT2D eigenvalue weighted by atomic mass is 32.1. The van der Waals surface area contributed by atoms with Gasteiger partial charge in [0.1, 0.15) is 6.07 Å². The normalized spacial score (nSPS) is 23.3. The summed E-state index contributed by atoms with van der Waals surface area (Å²) in [5, 5.41) is 10.7. The van der Waals surface area contributed by atoms with Crippen LogP contribution in [0.2, 0.25) is 0 Å². The van der Waals surface area contributed by atoms with Crippen LogP contribution >= 0.6 is 11.3 Å². The molecule has 0 radical (unpaired) electrons. The third kappa shape index (κ3) is 2.43. The van der Waals surface area contributed by atoms with Crippen molar-refractivity contribution in [3.8, 4) is 6.07 Å². The summed E-state index contributed by atoms with van der Waals surface area (Å²) in [5.74, 6) is -0.354. The summed E-state index contributed by atoms with van der Waals surface area (Å²) in [6.07, 6.45) is 2.11. The fourth-order valence-corrected chi connectivity index (χ4v) is 3.53. The van der Waals surface area contributed by atoms with Gasteiger partial charge in [-0.05, 0) is 19.0 Å². The lowest BCUT2D eigenvalue weighted by molar-refractivity contribution is -0.190. The van der Waals surface area contributed by atoms with Crippen molar-refractivity contribution in [2.75, 3.05) is 26.3 Å². The highest BCUT2D eigenvalue weighted by Crippen LogP contribution is 2.31. The van der Waals surface area contributed by atoms with E-state index in [4.69, 9.17) is 14.7 Å². The van der Waals surface area contributed by atoms with E-state index >= 15 is 0 Å². The van der Waals surface area contributed by atoms with E-state index in [1.807, 2.05) is 11.4 Å². The summed E-state index contributed by atoms with van der Waals surface area (Å²) >= 11 is 1.65. The van der Waals surface area contributed by atoms with Gasteiger partial charge in [0.25, 0.3) is 0 Å². The van der Waals surface area contributed by atoms with Crippen molar-refractivity contribution >= 4 is 11.3 Å². The zero-order valence-corrected chi connectivity index (χ0v) is 11.0. The Hall–Kier alpha value is -0.930. The highest BCUT2D eigenvalue weighted by Gasteiger charge is 2.40. The Kier molecular flexibility index (Phi) is 3.35. The van der Waals surface area contributed by atoms with E-state index in [9.17, 15) is 0 Å². The molecule has 2 saturated heterocycles. The first-order valence-electron chi connectivity index (χ1n) is 6.27. The molecule has 3 rings (SSSR count). The summed E-state index contributed by atoms with van der Waals surface area (Å²) in [6, 6.07) is 4.15. The lowest BCUT2D eigenvalue weighted by Crippen LogP contribution is -2.48. The van der Waals surface area contributed by atoms with Gasteiger partial charge in [-0.3, -0.25) is 4.90 Å². The first-order valence-corrected chi connectivity index (χ1v) is 7.15. The van der Waals surface area contributed by atoms with Gasteiger partial charge in [0, 0.05) is 23.2 Å². The van der Waals surface area contributed by atoms with Crippen molar-refractivity contribution in [1.29, 1.82) is 5.26 Å². The number of hydrogen-bond donors (Lipinski definition) is 0. The molecule has 1 aromatic rings. The van der Waals surface area contributed by atoms with Crippen LogP contribution in [0.3, 0.4) is 0 Å². The van der Waals surface area contributed by atoms with Crippen LogP contribution in [0.1, 0.15) is 23.3 Å². The van der Waals surface area contributed by atoms with E-state index in [-0.39, 0.29) is 5.79 Å². The van der Waals surface area contributed by atoms with Crippen molar-refractivity contribution in [2.24, 2.45) is 0 Å². The molecular formula is C13H16N2O2S. The molecule has 1 spiro atoms. The Morgan fingerprint density at radius 2 is 2.28 bits per heavy atom. The van der Waals surface area contributed by atoms with E-state index in [0.717, 1.165) is 38.0 Å². The van der Waals surface area contributed by atoms with Crippen LogP contribution in [0, 0.1) is 11.3 Å². The van der Waals surface area contributed by atoms with Gasteiger partial charge in [-0.25, -0.2) is 0 Å². The van der Waals surface area contributed by atoms with E-state index in [0.29, 0.717) is 13.2 Å². The molecule has 1 aromatic heterocycles. The number of rotatable bonds is 2. The maximum Gasteiger partial charge on any atom is 0.181 e. The van der Waals surface area contributed by atoms with Crippen LogP contribution < -0.4 is 0 Å². The van der Waals surface area contributed by atoms with Crippen LogP contribution in [0.25, 0.3) is 0 Å². The second kappa shape index (κ2) is 4.98. The van der Waals surface area contributed by atoms with E-state index in [2.05, 4.69) is 11.0 Å². The second-order valence-corrected chi connectivity index (χ2v) is 5.83. The van der Waals surface area contributed by atoms with Gasteiger partial charge >= 0.3 is 0 Å². The summed E-state index contributed by atoms with van der Waals surface area (Å²) in [5.41, 5.74) is 0.759. The fourth-order valence-electron chi connectivity index (χ4n) is 2.68. The molecule has 18 heavy (non-hydrogen) atoms. The predicted molar refractivity (Wildman–Crippen MR) is 68.2 cm³/mol. The van der Waals surface area contributed by atoms with Gasteiger partial charge in [-0.2, -0.15) is 5.26 Å². The number of thiophene rings is 1. The lowest BCUT2D eigenvalue weighted by Gasteiger charge is -2.38. The second-order valence-electron chi connectivity index (χ2n) is 4.84. The smallest absolute Gasteiger partial charge is 0.181 e. The minimum atomic E-state index is -0.354. The van der Waals surface area contributed by atoms with Gasteiger partial charge in [0.15, 0.2) is 5.79 Å². The number of nitrogens with zero attached hydrogens (tertiary/aromatic N) is 2. The molecule has 0 N–H and O–H groups in total. The quantitative estimate of drug-likeness (QED) is 0.819. The average molecular weight is 264 g/mol. The molecule has 4 nitrogen and oxygen atoms in total. The van der Waals surface area contributed by atoms with Gasteiger partial charge in [-0.1, -0.05) is 0 Å². The van der Waals surface area contributed by atoms with Crippen molar-refractivity contribution < 1.29 is 9.47 Å². The molecule has 0 aliphatic carbocycles. The van der Waals surface area contributed by atoms with Gasteiger partial charge < -0.3 is 9.47 Å². The third-order valence-electron chi connectivity index (χ3n) is 3.47. The first-order chi connectivity index (χ1) is 8.80. The monoisotopic (exact) mass is 264 g/mol. The van der Waals surface area contributed by atoms with Crippen molar-refractivity contribution in [3.63, 3.8) is 0 Å². The first kappa shape index (κ1) is 12.1. The van der Waals surface area contributed by atoms with Crippen molar-refractivity contribution in [2.45, 2.75) is 25.2 Å². The molecule has 2 fully saturated rings. The molecule has 0 amide bonds. The largest absolute Gasteiger partial charge is 0.346 e. The standard InChI is InChI=1S/C13H16N2O2S/c14-7-11-6-12(18-9-11)8-15-3-1-2-13(10-15)16-4-5-17-13/h6,9H,1-5,8,10H2. The molecule has 0 aromatic carbocycles. The van der Waals surface area contributed by atoms with Gasteiger partial charge in [-0.15, -0.1) is 11.3 Å². The van der Waals surface area contributed by atoms with Crippen molar-refractivity contribution in [1.82, 2.24) is 4.90 Å². The molecule has 3 heterocycles. The fraction of sp³-hybridized carbons (Fsp3) is 0.615. The molecule has 2 aliphatic rings. The van der Waals surface area contributed by atoms with E-state index in [1.165, 1.54) is 4.88 Å². The zero-order chi connectivity index (χ0) is 12.4. The van der Waals surface area contributed by atoms with Crippen LogP contribution in [0.5, 0.6) is 0 Å². The van der Waals surface area contributed by atoms with Crippen LogP contribution in [-0.2, 0) is 16.0 Å². The van der Waals surface area contributed by atoms with Gasteiger partial charge in [0.2, 0.25) is 0 Å². The van der Waals surface area contributed by atoms with Crippen molar-refractivity contribution in [3.05, 3.63) is 21.9 Å².